The van der Waals surface area contributed by atoms with E-state index in [1.54, 1.807) is 10.5 Å². The minimum atomic E-state index is -0.0697. The van der Waals surface area contributed by atoms with Crippen LogP contribution in [-0.2, 0) is 0 Å². The number of imidazole rings is 1. The molecule has 1 atom stereocenters. The number of nitrogens with zero attached hydrogens (tertiary/aromatic N) is 6. The molecular weight excluding hydrogens is 376 g/mol. The van der Waals surface area contributed by atoms with E-state index in [0.29, 0.717) is 17.4 Å². The van der Waals surface area contributed by atoms with Crippen molar-refractivity contribution in [2.45, 2.75) is 26.3 Å². The maximum atomic E-state index is 12.9. The van der Waals surface area contributed by atoms with Gasteiger partial charge in [0, 0.05) is 49.4 Å². The van der Waals surface area contributed by atoms with Crippen LogP contribution in [-0.4, -0.2) is 56.9 Å². The van der Waals surface area contributed by atoms with Crippen molar-refractivity contribution in [1.82, 2.24) is 23.7 Å². The molecule has 1 aliphatic heterocycles. The average Bonchev–Trinajstić information content (AvgIpc) is 3.34. The molecule has 5 rings (SSSR count). The van der Waals surface area contributed by atoms with Crippen LogP contribution in [0, 0.1) is 13.8 Å². The van der Waals surface area contributed by atoms with Crippen LogP contribution in [0.25, 0.3) is 22.6 Å². The van der Waals surface area contributed by atoms with Crippen molar-refractivity contribution in [3.63, 3.8) is 0 Å². The third kappa shape index (κ3) is 3.15. The molecule has 7 nitrogen and oxygen atoms in total. The Kier molecular flexibility index (Phi) is 4.36. The van der Waals surface area contributed by atoms with Gasteiger partial charge in [-0.05, 0) is 58.1 Å². The van der Waals surface area contributed by atoms with E-state index in [4.69, 9.17) is 4.98 Å². The molecule has 0 amide bonds. The van der Waals surface area contributed by atoms with E-state index in [1.807, 2.05) is 49.0 Å². The Bertz CT molecular complexity index is 1320. The predicted molar refractivity (Wildman–Crippen MR) is 119 cm³/mol. The fourth-order valence-electron chi connectivity index (χ4n) is 4.36. The Morgan fingerprint density at radius 1 is 1.07 bits per heavy atom. The summed E-state index contributed by atoms with van der Waals surface area (Å²) in [4.78, 5) is 26.9. The Morgan fingerprint density at radius 2 is 1.90 bits per heavy atom. The topological polar surface area (TPSA) is 58.2 Å². The second-order valence-corrected chi connectivity index (χ2v) is 8.47. The van der Waals surface area contributed by atoms with Gasteiger partial charge in [-0.3, -0.25) is 9.20 Å². The highest BCUT2D eigenvalue weighted by Gasteiger charge is 2.24. The van der Waals surface area contributed by atoms with E-state index >= 15 is 0 Å². The van der Waals surface area contributed by atoms with Gasteiger partial charge in [0.15, 0.2) is 0 Å². The summed E-state index contributed by atoms with van der Waals surface area (Å²) in [7, 11) is 4.24. The van der Waals surface area contributed by atoms with Gasteiger partial charge in [-0.15, -0.1) is 0 Å². The van der Waals surface area contributed by atoms with Crippen LogP contribution in [0.3, 0.4) is 0 Å². The summed E-state index contributed by atoms with van der Waals surface area (Å²) in [6.07, 6.45) is 7.02. The van der Waals surface area contributed by atoms with Crippen molar-refractivity contribution in [1.29, 1.82) is 0 Å². The Labute approximate surface area is 175 Å². The molecule has 0 bridgehead atoms. The molecule has 4 aromatic heterocycles. The van der Waals surface area contributed by atoms with Gasteiger partial charge in [-0.25, -0.2) is 9.97 Å². The van der Waals surface area contributed by atoms with E-state index < -0.39 is 0 Å². The zero-order valence-electron chi connectivity index (χ0n) is 17.8. The zero-order valence-corrected chi connectivity index (χ0v) is 17.8. The number of fused-ring (bicyclic) bond motifs is 2. The van der Waals surface area contributed by atoms with Gasteiger partial charge in [-0.2, -0.15) is 0 Å². The molecule has 0 radical (unpaired) electrons. The van der Waals surface area contributed by atoms with Crippen LogP contribution in [0.2, 0.25) is 0 Å². The van der Waals surface area contributed by atoms with E-state index in [2.05, 4.69) is 34.9 Å². The van der Waals surface area contributed by atoms with Crippen LogP contribution in [0.15, 0.2) is 47.7 Å². The lowest BCUT2D eigenvalue weighted by atomic mass is 10.1. The van der Waals surface area contributed by atoms with Gasteiger partial charge >= 0.3 is 0 Å². The molecule has 0 aliphatic carbocycles. The molecule has 7 heteroatoms. The Balaban J connectivity index is 1.54. The van der Waals surface area contributed by atoms with Crippen molar-refractivity contribution in [2.24, 2.45) is 0 Å². The summed E-state index contributed by atoms with van der Waals surface area (Å²) in [6.45, 7) is 5.98. The van der Waals surface area contributed by atoms with E-state index in [9.17, 15) is 4.79 Å². The highest BCUT2D eigenvalue weighted by Crippen LogP contribution is 2.24. The van der Waals surface area contributed by atoms with Gasteiger partial charge < -0.3 is 14.2 Å². The van der Waals surface area contributed by atoms with Gasteiger partial charge in [0.05, 0.1) is 17.1 Å². The molecule has 1 saturated heterocycles. The number of hydrogen-bond acceptors (Lipinski definition) is 5. The van der Waals surface area contributed by atoms with E-state index in [0.717, 1.165) is 47.7 Å². The molecule has 0 N–H and O–H groups in total. The summed E-state index contributed by atoms with van der Waals surface area (Å²) in [5.41, 5.74) is 6.20. The first-order valence-corrected chi connectivity index (χ1v) is 10.3. The quantitative estimate of drug-likeness (QED) is 0.527. The fourth-order valence-corrected chi connectivity index (χ4v) is 4.36. The lowest BCUT2D eigenvalue weighted by Crippen LogP contribution is -2.31. The van der Waals surface area contributed by atoms with Crippen LogP contribution in [0.5, 0.6) is 0 Å². The second kappa shape index (κ2) is 6.95. The monoisotopic (exact) mass is 402 g/mol. The number of rotatable bonds is 3. The Hall–Kier alpha value is -3.19. The number of pyridine rings is 2. The fraction of sp³-hybridized carbons (Fsp3) is 0.348. The first-order valence-electron chi connectivity index (χ1n) is 10.3. The molecule has 0 spiro atoms. The molecule has 1 fully saturated rings. The predicted octanol–water partition coefficient (Wildman–Crippen LogP) is 2.77. The van der Waals surface area contributed by atoms with Crippen molar-refractivity contribution in [3.8, 4) is 11.3 Å². The second-order valence-electron chi connectivity index (χ2n) is 8.47. The lowest BCUT2D eigenvalue weighted by molar-refractivity contribution is 0.315. The number of likely N-dealkylation sites (N-methyl/N-ethyl adjacent to an activating group) is 1. The normalized spacial score (nSPS) is 17.0. The van der Waals surface area contributed by atoms with Crippen molar-refractivity contribution in [3.05, 3.63) is 64.5 Å². The zero-order chi connectivity index (χ0) is 21.0. The standard InChI is InChI=1S/C23H26N6O/c1-15-9-17(12-28-11-16(2)24-23(15)28)20-10-22(30)29-14-19(5-6-21(29)25-20)27-8-7-18(13-27)26(3)4/h5-6,9-12,14,18H,7-8,13H2,1-4H3/t18-/m0/s1. The number of aryl methyl sites for hydroxylation is 2. The molecule has 5 heterocycles. The third-order valence-electron chi connectivity index (χ3n) is 6.05. The molecule has 0 saturated carbocycles. The SMILES string of the molecule is Cc1cn2cc(-c3cc(=O)n4cc(N5CC[C@H](N(C)C)C5)ccc4n3)cc(C)c2n1. The van der Waals surface area contributed by atoms with Crippen LogP contribution in [0.4, 0.5) is 5.69 Å². The molecule has 1 aliphatic rings. The van der Waals surface area contributed by atoms with Crippen LogP contribution < -0.4 is 10.5 Å². The number of aromatic nitrogens is 4. The summed E-state index contributed by atoms with van der Waals surface area (Å²) in [6, 6.07) is 8.21. The van der Waals surface area contributed by atoms with Gasteiger partial charge in [-0.1, -0.05) is 0 Å². The summed E-state index contributed by atoms with van der Waals surface area (Å²) < 4.78 is 3.65. The molecular formula is C23H26N6O. The first-order chi connectivity index (χ1) is 14.4. The maximum Gasteiger partial charge on any atom is 0.258 e. The van der Waals surface area contributed by atoms with Gasteiger partial charge in [0.2, 0.25) is 0 Å². The molecule has 154 valence electrons. The molecule has 30 heavy (non-hydrogen) atoms. The molecule has 0 aromatic carbocycles. The molecule has 4 aromatic rings. The third-order valence-corrected chi connectivity index (χ3v) is 6.05. The summed E-state index contributed by atoms with van der Waals surface area (Å²) in [5, 5.41) is 0. The highest BCUT2D eigenvalue weighted by atomic mass is 16.1. The maximum absolute atomic E-state index is 12.9. The largest absolute Gasteiger partial charge is 0.369 e. The van der Waals surface area contributed by atoms with Gasteiger partial charge in [0.25, 0.3) is 5.56 Å². The lowest BCUT2D eigenvalue weighted by Gasteiger charge is -2.22. The van der Waals surface area contributed by atoms with Gasteiger partial charge in [0.1, 0.15) is 11.3 Å². The van der Waals surface area contributed by atoms with Crippen molar-refractivity contribution in [2.75, 3.05) is 32.1 Å². The van der Waals surface area contributed by atoms with Crippen molar-refractivity contribution >= 4 is 17.0 Å². The number of hydrogen-bond donors (Lipinski definition) is 0. The summed E-state index contributed by atoms with van der Waals surface area (Å²) >= 11 is 0. The van der Waals surface area contributed by atoms with Crippen molar-refractivity contribution < 1.29 is 0 Å². The van der Waals surface area contributed by atoms with Crippen LogP contribution >= 0.6 is 0 Å². The minimum absolute atomic E-state index is 0.0697. The average molecular weight is 403 g/mol. The van der Waals surface area contributed by atoms with E-state index in [-0.39, 0.29) is 5.56 Å². The van der Waals surface area contributed by atoms with Crippen LogP contribution in [0.1, 0.15) is 17.7 Å². The van der Waals surface area contributed by atoms with E-state index in [1.165, 1.54) is 0 Å². The Morgan fingerprint density at radius 3 is 2.67 bits per heavy atom. The number of anilines is 1. The first kappa shape index (κ1) is 18.8. The highest BCUT2D eigenvalue weighted by molar-refractivity contribution is 5.66. The summed E-state index contributed by atoms with van der Waals surface area (Å²) in [5.74, 6) is 0. The minimum Gasteiger partial charge on any atom is -0.369 e. The molecule has 0 unspecified atom stereocenters. The smallest absolute Gasteiger partial charge is 0.258 e.